The van der Waals surface area contributed by atoms with Gasteiger partial charge in [-0.15, -0.1) is 0 Å². The van der Waals surface area contributed by atoms with Gasteiger partial charge in [0.05, 0.1) is 10.2 Å². The summed E-state index contributed by atoms with van der Waals surface area (Å²) in [7, 11) is -5.48. The van der Waals surface area contributed by atoms with E-state index in [9.17, 15) is 21.6 Å². The lowest BCUT2D eigenvalue weighted by Gasteiger charge is -2.13. The molecule has 0 atom stereocenters. The van der Waals surface area contributed by atoms with Crippen molar-refractivity contribution in [3.05, 3.63) is 51.5 Å². The summed E-state index contributed by atoms with van der Waals surface area (Å²) in [5, 5.41) is 0.460. The molecular formula is C14H10BrClF3NO3S. The van der Waals surface area contributed by atoms with E-state index < -0.39 is 15.5 Å². The summed E-state index contributed by atoms with van der Waals surface area (Å²) in [5.41, 5.74) is -4.85. The lowest BCUT2D eigenvalue weighted by molar-refractivity contribution is -0.0429. The first kappa shape index (κ1) is 18.9. The van der Waals surface area contributed by atoms with Crippen molar-refractivity contribution in [2.75, 3.05) is 4.72 Å². The Hall–Kier alpha value is -1.45. The number of rotatable bonds is 4. The zero-order valence-corrected chi connectivity index (χ0v) is 15.1. The molecule has 130 valence electrons. The molecule has 0 amide bonds. The van der Waals surface area contributed by atoms with Crippen LogP contribution in [-0.2, 0) is 10.0 Å². The molecule has 0 radical (unpaired) electrons. The van der Waals surface area contributed by atoms with Crippen molar-refractivity contribution in [3.8, 4) is 11.5 Å². The maximum absolute atomic E-state index is 12.4. The smallest absolute Gasteiger partial charge is 0.456 e. The molecule has 2 aromatic rings. The average molecular weight is 445 g/mol. The molecule has 0 aliphatic rings. The van der Waals surface area contributed by atoms with E-state index in [2.05, 4.69) is 15.9 Å². The van der Waals surface area contributed by atoms with E-state index in [1.807, 2.05) is 0 Å². The van der Waals surface area contributed by atoms with Gasteiger partial charge < -0.3 is 4.74 Å². The summed E-state index contributed by atoms with van der Waals surface area (Å²) >= 11 is 9.02. The molecular weight excluding hydrogens is 435 g/mol. The molecule has 2 aromatic carbocycles. The molecule has 0 fully saturated rings. The highest BCUT2D eigenvalue weighted by Crippen LogP contribution is 2.35. The van der Waals surface area contributed by atoms with E-state index >= 15 is 0 Å². The van der Waals surface area contributed by atoms with E-state index in [1.165, 1.54) is 16.9 Å². The zero-order chi connectivity index (χ0) is 18.1. The number of benzene rings is 2. The second kappa shape index (κ2) is 6.81. The van der Waals surface area contributed by atoms with Crippen LogP contribution in [0.15, 0.2) is 40.9 Å². The Morgan fingerprint density at radius 3 is 2.38 bits per heavy atom. The number of sulfonamides is 1. The van der Waals surface area contributed by atoms with E-state index in [4.69, 9.17) is 16.3 Å². The van der Waals surface area contributed by atoms with Gasteiger partial charge >= 0.3 is 15.5 Å². The van der Waals surface area contributed by atoms with Gasteiger partial charge in [-0.1, -0.05) is 17.7 Å². The Morgan fingerprint density at radius 2 is 1.79 bits per heavy atom. The van der Waals surface area contributed by atoms with Gasteiger partial charge in [0, 0.05) is 5.02 Å². The van der Waals surface area contributed by atoms with Gasteiger partial charge in [-0.25, -0.2) is 0 Å². The lowest BCUT2D eigenvalue weighted by Crippen LogP contribution is -2.29. The molecule has 0 aliphatic heterocycles. The van der Waals surface area contributed by atoms with Crippen LogP contribution in [0.5, 0.6) is 11.5 Å². The molecule has 0 saturated heterocycles. The van der Waals surface area contributed by atoms with Crippen LogP contribution in [0.4, 0.5) is 18.9 Å². The molecule has 24 heavy (non-hydrogen) atoms. The lowest BCUT2D eigenvalue weighted by atomic mass is 10.2. The van der Waals surface area contributed by atoms with Gasteiger partial charge in [0.25, 0.3) is 0 Å². The molecule has 2 rings (SSSR count). The maximum Gasteiger partial charge on any atom is 0.516 e. The van der Waals surface area contributed by atoms with Gasteiger partial charge in [0.1, 0.15) is 11.5 Å². The summed E-state index contributed by atoms with van der Waals surface area (Å²) in [6.45, 7) is 1.80. The number of aryl methyl sites for hydroxylation is 1. The molecule has 0 aromatic heterocycles. The molecule has 10 heteroatoms. The number of anilines is 1. The van der Waals surface area contributed by atoms with Crippen LogP contribution in [0.3, 0.4) is 0 Å². The summed E-state index contributed by atoms with van der Waals surface area (Å²) in [4.78, 5) is 0. The van der Waals surface area contributed by atoms with E-state index in [0.717, 1.165) is 11.6 Å². The molecule has 0 bridgehead atoms. The normalized spacial score (nSPS) is 12.1. The van der Waals surface area contributed by atoms with Gasteiger partial charge in [0.15, 0.2) is 0 Å². The third-order valence-electron chi connectivity index (χ3n) is 2.86. The first-order chi connectivity index (χ1) is 11.0. The van der Waals surface area contributed by atoms with Gasteiger partial charge in [-0.2, -0.15) is 21.6 Å². The highest BCUT2D eigenvalue weighted by molar-refractivity contribution is 9.10. The van der Waals surface area contributed by atoms with Crippen LogP contribution >= 0.6 is 27.5 Å². The molecule has 0 unspecified atom stereocenters. The predicted molar refractivity (Wildman–Crippen MR) is 89.0 cm³/mol. The highest BCUT2D eigenvalue weighted by atomic mass is 79.9. The van der Waals surface area contributed by atoms with Crippen molar-refractivity contribution >= 4 is 43.2 Å². The molecule has 0 spiro atoms. The highest BCUT2D eigenvalue weighted by Gasteiger charge is 2.46. The summed E-state index contributed by atoms with van der Waals surface area (Å²) in [6.07, 6.45) is 0. The fourth-order valence-corrected chi connectivity index (χ4v) is 2.84. The van der Waals surface area contributed by atoms with Crippen molar-refractivity contribution in [1.82, 2.24) is 0 Å². The Kier molecular flexibility index (Phi) is 5.36. The van der Waals surface area contributed by atoms with E-state index in [-0.39, 0.29) is 15.9 Å². The Balaban J connectivity index is 2.26. The first-order valence-corrected chi connectivity index (χ1v) is 8.97. The molecule has 0 saturated carbocycles. The quantitative estimate of drug-likeness (QED) is 0.681. The third-order valence-corrected chi connectivity index (χ3v) is 4.83. The van der Waals surface area contributed by atoms with E-state index in [0.29, 0.717) is 10.8 Å². The van der Waals surface area contributed by atoms with Crippen molar-refractivity contribution in [1.29, 1.82) is 0 Å². The minimum atomic E-state index is -5.48. The van der Waals surface area contributed by atoms with Gasteiger partial charge in [-0.3, -0.25) is 4.72 Å². The predicted octanol–water partition coefficient (Wildman–Crippen LogP) is 5.46. The van der Waals surface area contributed by atoms with Crippen LogP contribution in [-0.4, -0.2) is 13.9 Å². The molecule has 0 heterocycles. The maximum atomic E-state index is 12.4. The second-order valence-corrected chi connectivity index (χ2v) is 7.67. The van der Waals surface area contributed by atoms with Gasteiger partial charge in [0.2, 0.25) is 0 Å². The number of hydrogen-bond acceptors (Lipinski definition) is 3. The second-order valence-electron chi connectivity index (χ2n) is 4.71. The van der Waals surface area contributed by atoms with Crippen molar-refractivity contribution < 1.29 is 26.3 Å². The SMILES string of the molecule is Cc1ccc(Cl)cc1Oc1ccc(NS(=O)(=O)C(F)(F)F)cc1Br. The number of alkyl halides is 3. The molecule has 1 N–H and O–H groups in total. The topological polar surface area (TPSA) is 55.4 Å². The monoisotopic (exact) mass is 443 g/mol. The number of halogens is 5. The van der Waals surface area contributed by atoms with Crippen LogP contribution in [0.25, 0.3) is 0 Å². The number of nitrogens with one attached hydrogen (secondary N) is 1. The average Bonchev–Trinajstić information content (AvgIpc) is 2.44. The largest absolute Gasteiger partial charge is 0.516 e. The van der Waals surface area contributed by atoms with Crippen LogP contribution in [0.1, 0.15) is 5.56 Å². The zero-order valence-electron chi connectivity index (χ0n) is 12.0. The van der Waals surface area contributed by atoms with Crippen LogP contribution < -0.4 is 9.46 Å². The fourth-order valence-electron chi connectivity index (χ4n) is 1.66. The molecule has 4 nitrogen and oxygen atoms in total. The number of ether oxygens (including phenoxy) is 1. The number of hydrogen-bond donors (Lipinski definition) is 1. The van der Waals surface area contributed by atoms with Gasteiger partial charge in [-0.05, 0) is 58.7 Å². The minimum Gasteiger partial charge on any atom is -0.456 e. The van der Waals surface area contributed by atoms with Crippen molar-refractivity contribution in [3.63, 3.8) is 0 Å². The van der Waals surface area contributed by atoms with Crippen LogP contribution in [0.2, 0.25) is 5.02 Å². The molecule has 0 aliphatic carbocycles. The van der Waals surface area contributed by atoms with Crippen molar-refractivity contribution in [2.24, 2.45) is 0 Å². The summed E-state index contributed by atoms with van der Waals surface area (Å²) in [6, 6.07) is 8.68. The summed E-state index contributed by atoms with van der Waals surface area (Å²) < 4.78 is 66.7. The fraction of sp³-hybridized carbons (Fsp3) is 0.143. The van der Waals surface area contributed by atoms with E-state index in [1.54, 1.807) is 25.1 Å². The first-order valence-electron chi connectivity index (χ1n) is 6.32. The van der Waals surface area contributed by atoms with Crippen molar-refractivity contribution in [2.45, 2.75) is 12.4 Å². The third kappa shape index (κ3) is 4.34. The standard InChI is InChI=1S/C14H10BrClF3NO3S/c1-8-2-3-9(16)6-13(8)23-12-5-4-10(7-11(12)15)20-24(21,22)14(17,18)19/h2-7,20H,1H3. The minimum absolute atomic E-state index is 0.255. The summed E-state index contributed by atoms with van der Waals surface area (Å²) in [5.74, 6) is 0.752. The Morgan fingerprint density at radius 1 is 1.12 bits per heavy atom. The van der Waals surface area contributed by atoms with Crippen LogP contribution in [0, 0.1) is 6.92 Å². The Bertz CT molecular complexity index is 872. The Labute approximate surface area is 149 Å².